The second kappa shape index (κ2) is 7.55. The fraction of sp³-hybridized carbons (Fsp3) is 0.533. The molecule has 2 rings (SSSR count). The van der Waals surface area contributed by atoms with Crippen LogP contribution in [-0.2, 0) is 5.75 Å². The van der Waals surface area contributed by atoms with Gasteiger partial charge in [-0.1, -0.05) is 12.1 Å². The zero-order valence-corrected chi connectivity index (χ0v) is 12.6. The molecule has 1 aromatic carbocycles. The molecule has 0 saturated heterocycles. The molecular weight excluding hydrogens is 272 g/mol. The Balaban J connectivity index is 1.88. The predicted octanol–water partition coefficient (Wildman–Crippen LogP) is 2.83. The van der Waals surface area contributed by atoms with Gasteiger partial charge in [0.25, 0.3) is 0 Å². The third-order valence-electron chi connectivity index (χ3n) is 3.44. The van der Waals surface area contributed by atoms with Crippen molar-refractivity contribution < 1.29 is 9.90 Å². The molecule has 4 nitrogen and oxygen atoms in total. The largest absolute Gasteiger partial charge is 0.396 e. The minimum Gasteiger partial charge on any atom is -0.396 e. The molecule has 0 aromatic heterocycles. The minimum atomic E-state index is -0.184. The molecule has 1 aliphatic rings. The monoisotopic (exact) mass is 294 g/mol. The maximum absolute atomic E-state index is 12.0. The van der Waals surface area contributed by atoms with Crippen molar-refractivity contribution in [3.63, 3.8) is 0 Å². The summed E-state index contributed by atoms with van der Waals surface area (Å²) in [5.41, 5.74) is 2.01. The average molecular weight is 294 g/mol. The van der Waals surface area contributed by atoms with Crippen molar-refractivity contribution in [2.75, 3.05) is 18.2 Å². The van der Waals surface area contributed by atoms with Crippen LogP contribution in [0.5, 0.6) is 0 Å². The molecule has 0 bridgehead atoms. The van der Waals surface area contributed by atoms with Crippen molar-refractivity contribution >= 4 is 23.5 Å². The Morgan fingerprint density at radius 2 is 2.30 bits per heavy atom. The number of benzene rings is 1. The molecule has 0 unspecified atom stereocenters. The number of amides is 2. The summed E-state index contributed by atoms with van der Waals surface area (Å²) in [5, 5.41) is 14.9. The molecule has 3 N–H and O–H groups in total. The zero-order chi connectivity index (χ0) is 14.4. The fourth-order valence-electron chi connectivity index (χ4n) is 2.30. The van der Waals surface area contributed by atoms with Gasteiger partial charge in [0.15, 0.2) is 0 Å². The zero-order valence-electron chi connectivity index (χ0n) is 11.8. The summed E-state index contributed by atoms with van der Waals surface area (Å²) in [7, 11) is 0. The lowest BCUT2D eigenvalue weighted by Gasteiger charge is -2.17. The highest BCUT2D eigenvalue weighted by molar-refractivity contribution is 7.97. The van der Waals surface area contributed by atoms with Crippen molar-refractivity contribution in [2.45, 2.75) is 31.1 Å². The van der Waals surface area contributed by atoms with Gasteiger partial charge >= 0.3 is 6.03 Å². The number of rotatable bonds is 7. The van der Waals surface area contributed by atoms with Gasteiger partial charge in [0.2, 0.25) is 0 Å². The second-order valence-electron chi connectivity index (χ2n) is 5.19. The van der Waals surface area contributed by atoms with Crippen LogP contribution in [0.3, 0.4) is 0 Å². The molecule has 0 heterocycles. The smallest absolute Gasteiger partial charge is 0.319 e. The number of urea groups is 1. The standard InChI is InChI=1S/C15H22N2O2S/c1-20-10-11-3-2-4-13(9-11)16-15(19)17-14(7-8-18)12-5-6-12/h2-4,9,12,14,18H,5-8,10H2,1H3,(H2,16,17,19)/t14-/m1/s1. The van der Waals surface area contributed by atoms with Crippen LogP contribution in [0.4, 0.5) is 10.5 Å². The second-order valence-corrected chi connectivity index (χ2v) is 6.05. The lowest BCUT2D eigenvalue weighted by Crippen LogP contribution is -2.39. The number of aliphatic hydroxyl groups is 1. The Kier molecular flexibility index (Phi) is 5.73. The molecule has 0 aliphatic heterocycles. The molecule has 0 radical (unpaired) electrons. The quantitative estimate of drug-likeness (QED) is 0.724. The Labute approximate surface area is 124 Å². The maximum Gasteiger partial charge on any atom is 0.319 e. The summed E-state index contributed by atoms with van der Waals surface area (Å²) in [4.78, 5) is 12.0. The van der Waals surface area contributed by atoms with Crippen LogP contribution >= 0.6 is 11.8 Å². The molecule has 0 spiro atoms. The third-order valence-corrected chi connectivity index (χ3v) is 4.07. The number of thioether (sulfide) groups is 1. The van der Waals surface area contributed by atoms with Gasteiger partial charge in [-0.15, -0.1) is 0 Å². The first-order chi connectivity index (χ1) is 9.72. The van der Waals surface area contributed by atoms with Crippen molar-refractivity contribution in [3.8, 4) is 0 Å². The first-order valence-corrected chi connectivity index (χ1v) is 8.38. The molecule has 1 fully saturated rings. The summed E-state index contributed by atoms with van der Waals surface area (Å²) in [6.45, 7) is 0.116. The van der Waals surface area contributed by atoms with Gasteiger partial charge in [0.1, 0.15) is 0 Å². The normalized spacial score (nSPS) is 15.7. The number of aliphatic hydroxyl groups excluding tert-OH is 1. The lowest BCUT2D eigenvalue weighted by atomic mass is 10.1. The molecule has 1 aliphatic carbocycles. The van der Waals surface area contributed by atoms with Gasteiger partial charge in [-0.05, 0) is 49.1 Å². The van der Waals surface area contributed by atoms with Crippen LogP contribution in [0.1, 0.15) is 24.8 Å². The van der Waals surface area contributed by atoms with Gasteiger partial charge in [0, 0.05) is 24.1 Å². The highest BCUT2D eigenvalue weighted by Crippen LogP contribution is 2.33. The minimum absolute atomic E-state index is 0.0920. The van der Waals surface area contributed by atoms with Gasteiger partial charge in [-0.2, -0.15) is 11.8 Å². The molecular formula is C15H22N2O2S. The van der Waals surface area contributed by atoms with E-state index >= 15 is 0 Å². The van der Waals surface area contributed by atoms with Crippen LogP contribution in [-0.4, -0.2) is 30.0 Å². The van der Waals surface area contributed by atoms with Crippen LogP contribution in [0.25, 0.3) is 0 Å². The Morgan fingerprint density at radius 1 is 1.50 bits per heavy atom. The van der Waals surface area contributed by atoms with Crippen molar-refractivity contribution in [1.29, 1.82) is 0 Å². The molecule has 1 atom stereocenters. The molecule has 2 amide bonds. The van der Waals surface area contributed by atoms with E-state index in [1.165, 1.54) is 5.56 Å². The Bertz CT molecular complexity index is 449. The van der Waals surface area contributed by atoms with E-state index in [0.717, 1.165) is 24.3 Å². The van der Waals surface area contributed by atoms with Crippen molar-refractivity contribution in [3.05, 3.63) is 29.8 Å². The van der Waals surface area contributed by atoms with E-state index < -0.39 is 0 Å². The van der Waals surface area contributed by atoms with E-state index in [1.54, 1.807) is 11.8 Å². The van der Waals surface area contributed by atoms with Gasteiger partial charge in [-0.25, -0.2) is 4.79 Å². The van der Waals surface area contributed by atoms with Crippen LogP contribution in [0.2, 0.25) is 0 Å². The summed E-state index contributed by atoms with van der Waals surface area (Å²) in [5.74, 6) is 1.47. The van der Waals surface area contributed by atoms with E-state index in [-0.39, 0.29) is 18.7 Å². The summed E-state index contributed by atoms with van der Waals surface area (Å²) in [6.07, 6.45) is 4.98. The topological polar surface area (TPSA) is 61.4 Å². The van der Waals surface area contributed by atoms with Crippen molar-refractivity contribution in [1.82, 2.24) is 5.32 Å². The number of anilines is 1. The molecule has 20 heavy (non-hydrogen) atoms. The van der Waals surface area contributed by atoms with Crippen LogP contribution in [0.15, 0.2) is 24.3 Å². The molecule has 1 saturated carbocycles. The number of hydrogen-bond acceptors (Lipinski definition) is 3. The van der Waals surface area contributed by atoms with E-state index in [4.69, 9.17) is 5.11 Å². The van der Waals surface area contributed by atoms with E-state index in [2.05, 4.69) is 23.0 Å². The first kappa shape index (κ1) is 15.2. The number of carbonyl (C=O) groups is 1. The van der Waals surface area contributed by atoms with Gasteiger partial charge < -0.3 is 15.7 Å². The van der Waals surface area contributed by atoms with Gasteiger partial charge in [0.05, 0.1) is 0 Å². The lowest BCUT2D eigenvalue weighted by molar-refractivity contribution is 0.234. The van der Waals surface area contributed by atoms with E-state index in [1.807, 2.05) is 18.2 Å². The summed E-state index contributed by atoms with van der Waals surface area (Å²) in [6, 6.07) is 7.80. The summed E-state index contributed by atoms with van der Waals surface area (Å²) < 4.78 is 0. The molecule has 1 aromatic rings. The molecule has 110 valence electrons. The summed E-state index contributed by atoms with van der Waals surface area (Å²) >= 11 is 1.76. The number of carbonyl (C=O) groups excluding carboxylic acids is 1. The van der Waals surface area contributed by atoms with Crippen LogP contribution < -0.4 is 10.6 Å². The van der Waals surface area contributed by atoms with Gasteiger partial charge in [-0.3, -0.25) is 0 Å². The SMILES string of the molecule is CSCc1cccc(NC(=O)N[C@H](CCO)C2CC2)c1. The van der Waals surface area contributed by atoms with Crippen LogP contribution in [0, 0.1) is 5.92 Å². The van der Waals surface area contributed by atoms with Crippen molar-refractivity contribution in [2.24, 2.45) is 5.92 Å². The average Bonchev–Trinajstić information content (AvgIpc) is 3.23. The maximum atomic E-state index is 12.0. The fourth-order valence-corrected chi connectivity index (χ4v) is 2.82. The highest BCUT2D eigenvalue weighted by Gasteiger charge is 2.31. The predicted molar refractivity (Wildman–Crippen MR) is 84.0 cm³/mol. The number of nitrogens with one attached hydrogen (secondary N) is 2. The van der Waals surface area contributed by atoms with E-state index in [0.29, 0.717) is 12.3 Å². The Hall–Kier alpha value is -1.20. The number of hydrogen-bond donors (Lipinski definition) is 3. The molecule has 5 heteroatoms. The Morgan fingerprint density at radius 3 is 2.95 bits per heavy atom. The third kappa shape index (κ3) is 4.72. The highest BCUT2D eigenvalue weighted by atomic mass is 32.2. The van der Waals surface area contributed by atoms with E-state index in [9.17, 15) is 4.79 Å². The first-order valence-electron chi connectivity index (χ1n) is 6.99.